The van der Waals surface area contributed by atoms with Crippen molar-refractivity contribution < 1.29 is 0 Å². The van der Waals surface area contributed by atoms with Gasteiger partial charge in [0.05, 0.1) is 6.04 Å². The molecule has 2 N–H and O–H groups in total. The molecule has 2 aromatic rings. The molecule has 0 bridgehead atoms. The van der Waals surface area contributed by atoms with Gasteiger partial charge in [0, 0.05) is 16.7 Å². The van der Waals surface area contributed by atoms with Crippen molar-refractivity contribution in [1.29, 1.82) is 5.26 Å². The first-order valence-corrected chi connectivity index (χ1v) is 7.04. The van der Waals surface area contributed by atoms with Crippen molar-refractivity contribution in [2.24, 2.45) is 5.73 Å². The summed E-state index contributed by atoms with van der Waals surface area (Å²) in [5.41, 5.74) is 8.01. The second-order valence-corrected chi connectivity index (χ2v) is 5.40. The maximum Gasteiger partial charge on any atom is 0.120 e. The van der Waals surface area contributed by atoms with Crippen LogP contribution in [0.1, 0.15) is 30.6 Å². The lowest BCUT2D eigenvalue weighted by Crippen LogP contribution is -2.32. The summed E-state index contributed by atoms with van der Waals surface area (Å²) < 4.78 is 2.97. The highest BCUT2D eigenvalue weighted by Gasteiger charge is 2.22. The smallest absolute Gasteiger partial charge is 0.120 e. The summed E-state index contributed by atoms with van der Waals surface area (Å²) >= 11 is 3.49. The molecule has 0 aliphatic rings. The molecule has 1 aromatic carbocycles. The minimum Gasteiger partial charge on any atom is -0.330 e. The Hall–Kier alpha value is -1.57. The molecule has 0 saturated carbocycles. The summed E-state index contributed by atoms with van der Waals surface area (Å²) in [6, 6.07) is 13.9. The van der Waals surface area contributed by atoms with Gasteiger partial charge in [-0.3, -0.25) is 0 Å². The zero-order valence-electron chi connectivity index (χ0n) is 10.8. The highest BCUT2D eigenvalue weighted by Crippen LogP contribution is 2.27. The number of nitrogens with two attached hydrogens (primary N) is 1. The van der Waals surface area contributed by atoms with Gasteiger partial charge in [0.25, 0.3) is 0 Å². The quantitative estimate of drug-likeness (QED) is 0.939. The molecule has 98 valence electrons. The van der Waals surface area contributed by atoms with Crippen LogP contribution in [0.25, 0.3) is 0 Å². The zero-order chi connectivity index (χ0) is 13.8. The lowest BCUT2D eigenvalue weighted by Gasteiger charge is -2.26. The lowest BCUT2D eigenvalue weighted by molar-refractivity contribution is 0.457. The Balaban J connectivity index is 2.51. The molecule has 0 amide bonds. The van der Waals surface area contributed by atoms with Crippen molar-refractivity contribution >= 4 is 15.9 Å². The monoisotopic (exact) mass is 317 g/mol. The van der Waals surface area contributed by atoms with Crippen LogP contribution < -0.4 is 5.73 Å². The SMILES string of the molecule is CCC(N)C(c1cccc(Br)c1)n1cccc1C#N. The average molecular weight is 318 g/mol. The molecule has 2 unspecified atom stereocenters. The molecule has 0 fully saturated rings. The Morgan fingerprint density at radius 2 is 2.16 bits per heavy atom. The zero-order valence-corrected chi connectivity index (χ0v) is 12.3. The first kappa shape index (κ1) is 13.9. The van der Waals surface area contributed by atoms with Gasteiger partial charge in [0.2, 0.25) is 0 Å². The maximum atomic E-state index is 9.19. The van der Waals surface area contributed by atoms with Crippen LogP contribution in [0.2, 0.25) is 0 Å². The van der Waals surface area contributed by atoms with E-state index < -0.39 is 0 Å². The fourth-order valence-corrected chi connectivity index (χ4v) is 2.68. The van der Waals surface area contributed by atoms with Gasteiger partial charge in [-0.2, -0.15) is 5.26 Å². The summed E-state index contributed by atoms with van der Waals surface area (Å²) in [6.07, 6.45) is 2.76. The number of rotatable bonds is 4. The van der Waals surface area contributed by atoms with Gasteiger partial charge in [-0.1, -0.05) is 35.0 Å². The standard InChI is InChI=1S/C15H16BrN3/c1-2-14(18)15(11-5-3-6-12(16)9-11)19-8-4-7-13(19)10-17/h3-9,14-15H,2,18H2,1H3. The van der Waals surface area contributed by atoms with Crippen molar-refractivity contribution in [1.82, 2.24) is 4.57 Å². The fraction of sp³-hybridized carbons (Fsp3) is 0.267. The fourth-order valence-electron chi connectivity index (χ4n) is 2.26. The van der Waals surface area contributed by atoms with Crippen molar-refractivity contribution in [3.63, 3.8) is 0 Å². The molecule has 3 nitrogen and oxygen atoms in total. The van der Waals surface area contributed by atoms with Gasteiger partial charge in [-0.15, -0.1) is 0 Å². The molecule has 1 heterocycles. The Morgan fingerprint density at radius 3 is 2.79 bits per heavy atom. The van der Waals surface area contributed by atoms with Crippen LogP contribution in [0.15, 0.2) is 47.1 Å². The van der Waals surface area contributed by atoms with Crippen LogP contribution in [0, 0.1) is 11.3 Å². The molecular weight excluding hydrogens is 302 g/mol. The second-order valence-electron chi connectivity index (χ2n) is 4.48. The molecule has 0 aliphatic carbocycles. The molecule has 19 heavy (non-hydrogen) atoms. The van der Waals surface area contributed by atoms with E-state index in [9.17, 15) is 5.26 Å². The molecule has 0 aliphatic heterocycles. The van der Waals surface area contributed by atoms with E-state index in [1.54, 1.807) is 0 Å². The number of hydrogen-bond acceptors (Lipinski definition) is 2. The topological polar surface area (TPSA) is 54.7 Å². The Morgan fingerprint density at radius 1 is 1.37 bits per heavy atom. The number of benzene rings is 1. The van der Waals surface area contributed by atoms with E-state index in [1.807, 2.05) is 41.1 Å². The van der Waals surface area contributed by atoms with Gasteiger partial charge in [-0.25, -0.2) is 0 Å². The normalized spacial score (nSPS) is 13.8. The van der Waals surface area contributed by atoms with Crippen LogP contribution in [-0.2, 0) is 0 Å². The highest BCUT2D eigenvalue weighted by atomic mass is 79.9. The Bertz CT molecular complexity index is 597. The summed E-state index contributed by atoms with van der Waals surface area (Å²) in [6.45, 7) is 2.06. The molecule has 1 aromatic heterocycles. The van der Waals surface area contributed by atoms with Crippen LogP contribution in [0.3, 0.4) is 0 Å². The third kappa shape index (κ3) is 2.89. The number of nitriles is 1. The number of aromatic nitrogens is 1. The van der Waals surface area contributed by atoms with Gasteiger partial charge >= 0.3 is 0 Å². The highest BCUT2D eigenvalue weighted by molar-refractivity contribution is 9.10. The van der Waals surface area contributed by atoms with Gasteiger partial charge in [0.1, 0.15) is 11.8 Å². The first-order valence-electron chi connectivity index (χ1n) is 6.25. The Kier molecular flexibility index (Phi) is 4.41. The molecule has 2 rings (SSSR count). The van der Waals surface area contributed by atoms with E-state index in [4.69, 9.17) is 5.73 Å². The molecule has 2 atom stereocenters. The third-order valence-corrected chi connectivity index (χ3v) is 3.75. The molecule has 0 saturated heterocycles. The Labute approximate surface area is 121 Å². The average Bonchev–Trinajstić information content (AvgIpc) is 2.87. The predicted molar refractivity (Wildman–Crippen MR) is 79.7 cm³/mol. The van der Waals surface area contributed by atoms with E-state index in [0.717, 1.165) is 16.5 Å². The second kappa shape index (κ2) is 6.05. The van der Waals surface area contributed by atoms with Crippen molar-refractivity contribution in [3.8, 4) is 6.07 Å². The first-order chi connectivity index (χ1) is 9.17. The van der Waals surface area contributed by atoms with Crippen LogP contribution >= 0.6 is 15.9 Å². The van der Waals surface area contributed by atoms with Crippen molar-refractivity contribution in [2.75, 3.05) is 0 Å². The number of hydrogen-bond donors (Lipinski definition) is 1. The van der Waals surface area contributed by atoms with Crippen molar-refractivity contribution in [2.45, 2.75) is 25.4 Å². The summed E-state index contributed by atoms with van der Waals surface area (Å²) in [7, 11) is 0. The minimum absolute atomic E-state index is 0.0212. The van der Waals surface area contributed by atoms with Crippen molar-refractivity contribution in [3.05, 3.63) is 58.3 Å². The van der Waals surface area contributed by atoms with Crippen LogP contribution in [0.4, 0.5) is 0 Å². The van der Waals surface area contributed by atoms with Gasteiger partial charge in [0.15, 0.2) is 0 Å². The number of halogens is 1. The maximum absolute atomic E-state index is 9.19. The lowest BCUT2D eigenvalue weighted by atomic mass is 9.97. The summed E-state index contributed by atoms with van der Waals surface area (Å²) in [5, 5.41) is 9.19. The number of nitrogens with zero attached hydrogens (tertiary/aromatic N) is 2. The third-order valence-electron chi connectivity index (χ3n) is 3.26. The van der Waals surface area contributed by atoms with Crippen LogP contribution in [0.5, 0.6) is 0 Å². The van der Waals surface area contributed by atoms with Crippen LogP contribution in [-0.4, -0.2) is 10.6 Å². The largest absolute Gasteiger partial charge is 0.330 e. The van der Waals surface area contributed by atoms with E-state index in [1.165, 1.54) is 0 Å². The molecular formula is C15H16BrN3. The van der Waals surface area contributed by atoms with E-state index in [2.05, 4.69) is 35.0 Å². The van der Waals surface area contributed by atoms with E-state index in [0.29, 0.717) is 5.69 Å². The van der Waals surface area contributed by atoms with Gasteiger partial charge < -0.3 is 10.3 Å². The van der Waals surface area contributed by atoms with Gasteiger partial charge in [-0.05, 0) is 36.2 Å². The summed E-state index contributed by atoms with van der Waals surface area (Å²) in [4.78, 5) is 0. The minimum atomic E-state index is -0.0335. The molecule has 0 radical (unpaired) electrons. The summed E-state index contributed by atoms with van der Waals surface area (Å²) in [5.74, 6) is 0. The van der Waals surface area contributed by atoms with E-state index >= 15 is 0 Å². The molecule has 0 spiro atoms. The van der Waals surface area contributed by atoms with E-state index in [-0.39, 0.29) is 12.1 Å². The molecule has 4 heteroatoms. The predicted octanol–water partition coefficient (Wildman–Crippen LogP) is 3.45.